The zero-order valence-corrected chi connectivity index (χ0v) is 8.08. The lowest BCUT2D eigenvalue weighted by atomic mass is 9.98. The molecule has 0 unspecified atom stereocenters. The number of hydrogen-bond acceptors (Lipinski definition) is 1. The van der Waals surface area contributed by atoms with Crippen molar-refractivity contribution in [3.05, 3.63) is 34.9 Å². The topological polar surface area (TPSA) is 37.3 Å². The molecule has 0 heterocycles. The zero-order valence-electron chi connectivity index (χ0n) is 7.33. The summed E-state index contributed by atoms with van der Waals surface area (Å²) < 4.78 is 0. The van der Waals surface area contributed by atoms with E-state index in [1.165, 1.54) is 0 Å². The SMILES string of the molecule is C[C@@H](CC(=O)O)c1ccc(Cl)cc1. The highest BCUT2D eigenvalue weighted by atomic mass is 35.5. The van der Waals surface area contributed by atoms with Crippen LogP contribution in [0.3, 0.4) is 0 Å². The lowest BCUT2D eigenvalue weighted by molar-refractivity contribution is -0.137. The van der Waals surface area contributed by atoms with Gasteiger partial charge in [0.25, 0.3) is 0 Å². The second kappa shape index (κ2) is 4.28. The minimum Gasteiger partial charge on any atom is -0.481 e. The molecule has 1 N–H and O–H groups in total. The highest BCUT2D eigenvalue weighted by Crippen LogP contribution is 2.20. The lowest BCUT2D eigenvalue weighted by Gasteiger charge is -2.08. The number of rotatable bonds is 3. The Labute approximate surface area is 82.2 Å². The summed E-state index contributed by atoms with van der Waals surface area (Å²) in [4.78, 5) is 10.4. The molecule has 0 fully saturated rings. The van der Waals surface area contributed by atoms with Crippen LogP contribution in [0.1, 0.15) is 24.8 Å². The van der Waals surface area contributed by atoms with Gasteiger partial charge >= 0.3 is 5.97 Å². The van der Waals surface area contributed by atoms with Gasteiger partial charge in [0.2, 0.25) is 0 Å². The Morgan fingerprint density at radius 3 is 2.46 bits per heavy atom. The third kappa shape index (κ3) is 3.07. The molecule has 1 aromatic carbocycles. The van der Waals surface area contributed by atoms with Crippen molar-refractivity contribution in [2.75, 3.05) is 0 Å². The first-order valence-electron chi connectivity index (χ1n) is 4.07. The van der Waals surface area contributed by atoms with Crippen molar-refractivity contribution in [2.45, 2.75) is 19.3 Å². The quantitative estimate of drug-likeness (QED) is 0.811. The maximum Gasteiger partial charge on any atom is 0.303 e. The second-order valence-electron chi connectivity index (χ2n) is 3.05. The smallest absolute Gasteiger partial charge is 0.303 e. The van der Waals surface area contributed by atoms with Crippen LogP contribution in [0.2, 0.25) is 5.02 Å². The molecule has 1 rings (SSSR count). The summed E-state index contributed by atoms with van der Waals surface area (Å²) in [6.07, 6.45) is 0.154. The molecule has 1 atom stereocenters. The standard InChI is InChI=1S/C10H11ClO2/c1-7(6-10(12)13)8-2-4-9(11)5-3-8/h2-5,7H,6H2,1H3,(H,12,13)/t7-/m0/s1. The molecule has 0 aliphatic heterocycles. The molecule has 0 saturated carbocycles. The Morgan fingerprint density at radius 2 is 2.00 bits per heavy atom. The first-order valence-corrected chi connectivity index (χ1v) is 4.44. The Bertz CT molecular complexity index is 292. The van der Waals surface area contributed by atoms with Crippen molar-refractivity contribution < 1.29 is 9.90 Å². The summed E-state index contributed by atoms with van der Waals surface area (Å²) in [5, 5.41) is 9.25. The van der Waals surface area contributed by atoms with Gasteiger partial charge in [0.15, 0.2) is 0 Å². The van der Waals surface area contributed by atoms with Crippen LogP contribution >= 0.6 is 11.6 Å². The van der Waals surface area contributed by atoms with E-state index in [2.05, 4.69) is 0 Å². The van der Waals surface area contributed by atoms with Gasteiger partial charge in [-0.2, -0.15) is 0 Å². The lowest BCUT2D eigenvalue weighted by Crippen LogP contribution is -2.02. The molecular formula is C10H11ClO2. The van der Waals surface area contributed by atoms with Gasteiger partial charge in [0.05, 0.1) is 6.42 Å². The molecule has 0 aliphatic carbocycles. The molecule has 70 valence electrons. The molecule has 0 amide bonds. The van der Waals surface area contributed by atoms with Gasteiger partial charge in [-0.15, -0.1) is 0 Å². The second-order valence-corrected chi connectivity index (χ2v) is 3.49. The van der Waals surface area contributed by atoms with Crippen molar-refractivity contribution in [1.82, 2.24) is 0 Å². The number of carboxylic acid groups (broad SMARTS) is 1. The van der Waals surface area contributed by atoms with E-state index in [0.717, 1.165) is 5.56 Å². The molecular weight excluding hydrogens is 188 g/mol. The van der Waals surface area contributed by atoms with Gasteiger partial charge < -0.3 is 5.11 Å². The van der Waals surface area contributed by atoms with Crippen molar-refractivity contribution >= 4 is 17.6 Å². The number of hydrogen-bond donors (Lipinski definition) is 1. The highest BCUT2D eigenvalue weighted by molar-refractivity contribution is 6.30. The van der Waals surface area contributed by atoms with E-state index in [9.17, 15) is 4.79 Å². The summed E-state index contributed by atoms with van der Waals surface area (Å²) >= 11 is 5.71. The average molecular weight is 199 g/mol. The summed E-state index contributed by atoms with van der Waals surface area (Å²) in [7, 11) is 0. The summed E-state index contributed by atoms with van der Waals surface area (Å²) in [6.45, 7) is 1.89. The van der Waals surface area contributed by atoms with Crippen molar-refractivity contribution in [3.63, 3.8) is 0 Å². The molecule has 0 aliphatic rings. The average Bonchev–Trinajstić information content (AvgIpc) is 2.04. The van der Waals surface area contributed by atoms with E-state index < -0.39 is 5.97 Å². The Balaban J connectivity index is 2.71. The molecule has 1 aromatic rings. The number of carbonyl (C=O) groups is 1. The van der Waals surface area contributed by atoms with E-state index >= 15 is 0 Å². The minimum absolute atomic E-state index is 0.0368. The normalized spacial score (nSPS) is 12.5. The Hall–Kier alpha value is -1.02. The summed E-state index contributed by atoms with van der Waals surface area (Å²) in [6, 6.07) is 7.26. The highest BCUT2D eigenvalue weighted by Gasteiger charge is 2.09. The maximum atomic E-state index is 10.4. The molecule has 0 saturated heterocycles. The first-order chi connectivity index (χ1) is 6.09. The Kier molecular flexibility index (Phi) is 3.32. The van der Waals surface area contributed by atoms with E-state index in [-0.39, 0.29) is 12.3 Å². The fourth-order valence-corrected chi connectivity index (χ4v) is 1.30. The number of aliphatic carboxylic acids is 1. The number of carboxylic acids is 1. The molecule has 0 radical (unpaired) electrons. The molecule has 0 spiro atoms. The minimum atomic E-state index is -0.776. The van der Waals surface area contributed by atoms with Crippen LogP contribution in [-0.4, -0.2) is 11.1 Å². The van der Waals surface area contributed by atoms with Gasteiger partial charge in [-0.25, -0.2) is 0 Å². The van der Waals surface area contributed by atoms with Gasteiger partial charge in [-0.05, 0) is 23.6 Å². The molecule has 0 bridgehead atoms. The summed E-state index contributed by atoms with van der Waals surface area (Å²) in [5.41, 5.74) is 1.01. The van der Waals surface area contributed by atoms with Gasteiger partial charge in [-0.3, -0.25) is 4.79 Å². The number of benzene rings is 1. The van der Waals surface area contributed by atoms with Gasteiger partial charge in [0.1, 0.15) is 0 Å². The fourth-order valence-electron chi connectivity index (χ4n) is 1.17. The largest absolute Gasteiger partial charge is 0.481 e. The van der Waals surface area contributed by atoms with Crippen LogP contribution < -0.4 is 0 Å². The predicted molar refractivity (Wildman–Crippen MR) is 52.1 cm³/mol. The van der Waals surface area contributed by atoms with Crippen molar-refractivity contribution in [3.8, 4) is 0 Å². The maximum absolute atomic E-state index is 10.4. The predicted octanol–water partition coefficient (Wildman–Crippen LogP) is 2.92. The third-order valence-corrected chi connectivity index (χ3v) is 2.17. The molecule has 13 heavy (non-hydrogen) atoms. The van der Waals surface area contributed by atoms with Crippen LogP contribution in [0.4, 0.5) is 0 Å². The van der Waals surface area contributed by atoms with Crippen LogP contribution in [0.5, 0.6) is 0 Å². The molecule has 3 heteroatoms. The van der Waals surface area contributed by atoms with Crippen LogP contribution in [-0.2, 0) is 4.79 Å². The monoisotopic (exact) mass is 198 g/mol. The van der Waals surface area contributed by atoms with E-state index in [4.69, 9.17) is 16.7 Å². The summed E-state index contributed by atoms with van der Waals surface area (Å²) in [5.74, 6) is -0.739. The van der Waals surface area contributed by atoms with E-state index in [0.29, 0.717) is 5.02 Å². The van der Waals surface area contributed by atoms with E-state index in [1.54, 1.807) is 12.1 Å². The molecule has 0 aromatic heterocycles. The van der Waals surface area contributed by atoms with Crippen molar-refractivity contribution in [2.24, 2.45) is 0 Å². The van der Waals surface area contributed by atoms with Gasteiger partial charge in [-0.1, -0.05) is 30.7 Å². The first kappa shape index (κ1) is 10.1. The van der Waals surface area contributed by atoms with E-state index in [1.807, 2.05) is 19.1 Å². The third-order valence-electron chi connectivity index (χ3n) is 1.92. The van der Waals surface area contributed by atoms with Crippen molar-refractivity contribution in [1.29, 1.82) is 0 Å². The number of halogens is 1. The Morgan fingerprint density at radius 1 is 1.46 bits per heavy atom. The molecule has 2 nitrogen and oxygen atoms in total. The fraction of sp³-hybridized carbons (Fsp3) is 0.300. The van der Waals surface area contributed by atoms with Gasteiger partial charge in [0, 0.05) is 5.02 Å². The van der Waals surface area contributed by atoms with Crippen LogP contribution in [0, 0.1) is 0 Å². The van der Waals surface area contributed by atoms with Crippen LogP contribution in [0.25, 0.3) is 0 Å². The van der Waals surface area contributed by atoms with Crippen LogP contribution in [0.15, 0.2) is 24.3 Å². The zero-order chi connectivity index (χ0) is 9.84.